The van der Waals surface area contributed by atoms with Gasteiger partial charge in [-0.2, -0.15) is 0 Å². The molecule has 0 saturated heterocycles. The number of hydrogen-bond acceptors (Lipinski definition) is 1. The second kappa shape index (κ2) is 13.8. The largest absolute Gasteiger partial charge is 0.310 e. The third-order valence-corrected chi connectivity index (χ3v) is 14.3. The van der Waals surface area contributed by atoms with Gasteiger partial charge in [0.25, 0.3) is 0 Å². The Labute approximate surface area is 377 Å². The van der Waals surface area contributed by atoms with Gasteiger partial charge in [0.05, 0.1) is 16.4 Å². The predicted molar refractivity (Wildman–Crippen MR) is 272 cm³/mol. The van der Waals surface area contributed by atoms with Gasteiger partial charge in [0.1, 0.15) is 0 Å². The highest BCUT2D eigenvalue weighted by Gasteiger charge is 2.51. The van der Waals surface area contributed by atoms with Gasteiger partial charge in [0, 0.05) is 33.5 Å². The van der Waals surface area contributed by atoms with Crippen LogP contribution in [0.15, 0.2) is 243 Å². The molecular formula is C63H40N2. The van der Waals surface area contributed by atoms with Gasteiger partial charge in [-0.05, 0) is 138 Å². The minimum absolute atomic E-state index is 0.468. The van der Waals surface area contributed by atoms with E-state index in [1.807, 2.05) is 0 Å². The molecule has 0 amide bonds. The Morgan fingerprint density at radius 3 is 1.52 bits per heavy atom. The molecule has 11 aromatic carbocycles. The van der Waals surface area contributed by atoms with Crippen molar-refractivity contribution in [1.29, 1.82) is 0 Å². The van der Waals surface area contributed by atoms with E-state index in [2.05, 4.69) is 252 Å². The number of benzene rings is 11. The van der Waals surface area contributed by atoms with Crippen molar-refractivity contribution in [1.82, 2.24) is 4.57 Å². The van der Waals surface area contributed by atoms with Gasteiger partial charge in [0.15, 0.2) is 0 Å². The quantitative estimate of drug-likeness (QED) is 0.168. The number of rotatable bonds is 5. The van der Waals surface area contributed by atoms with Crippen LogP contribution in [-0.4, -0.2) is 4.57 Å². The van der Waals surface area contributed by atoms with Crippen LogP contribution < -0.4 is 4.90 Å². The normalized spacial score (nSPS) is 13.0. The Kier molecular flexibility index (Phi) is 7.64. The third kappa shape index (κ3) is 5.11. The second-order valence-corrected chi connectivity index (χ2v) is 17.6. The molecule has 0 N–H and O–H groups in total. The highest BCUT2D eigenvalue weighted by molar-refractivity contribution is 6.17. The van der Waals surface area contributed by atoms with Crippen molar-refractivity contribution in [2.45, 2.75) is 5.41 Å². The fraction of sp³-hybridized carbons (Fsp3) is 0.0159. The molecule has 2 heteroatoms. The highest BCUT2D eigenvalue weighted by atomic mass is 15.1. The molecule has 0 atom stereocenters. The molecule has 0 unspecified atom stereocenters. The first-order chi connectivity index (χ1) is 32.2. The summed E-state index contributed by atoms with van der Waals surface area (Å²) in [5, 5.41) is 7.35. The van der Waals surface area contributed by atoms with Crippen LogP contribution in [0, 0.1) is 0 Å². The summed E-state index contributed by atoms with van der Waals surface area (Å²) in [6.07, 6.45) is 0. The van der Waals surface area contributed by atoms with Crippen molar-refractivity contribution in [3.8, 4) is 39.1 Å². The van der Waals surface area contributed by atoms with E-state index in [0.29, 0.717) is 0 Å². The van der Waals surface area contributed by atoms with Crippen LogP contribution in [0.4, 0.5) is 17.1 Å². The lowest BCUT2D eigenvalue weighted by Gasteiger charge is -2.32. The second-order valence-electron chi connectivity index (χ2n) is 17.6. The maximum atomic E-state index is 2.51. The van der Waals surface area contributed by atoms with Gasteiger partial charge in [-0.15, -0.1) is 0 Å². The molecule has 302 valence electrons. The van der Waals surface area contributed by atoms with Crippen molar-refractivity contribution in [3.05, 3.63) is 265 Å². The monoisotopic (exact) mass is 824 g/mol. The van der Waals surface area contributed by atoms with Gasteiger partial charge >= 0.3 is 0 Å². The Morgan fingerprint density at radius 1 is 0.308 bits per heavy atom. The van der Waals surface area contributed by atoms with E-state index in [1.165, 1.54) is 93.5 Å². The summed E-state index contributed by atoms with van der Waals surface area (Å²) in [6.45, 7) is 0. The fourth-order valence-electron chi connectivity index (χ4n) is 11.6. The van der Waals surface area contributed by atoms with Crippen molar-refractivity contribution >= 4 is 60.4 Å². The van der Waals surface area contributed by atoms with Crippen molar-refractivity contribution < 1.29 is 0 Å². The van der Waals surface area contributed by atoms with Crippen LogP contribution in [-0.2, 0) is 5.41 Å². The molecule has 2 aliphatic rings. The van der Waals surface area contributed by atoms with Crippen LogP contribution in [0.1, 0.15) is 22.3 Å². The molecule has 0 fully saturated rings. The molecule has 0 radical (unpaired) electrons. The van der Waals surface area contributed by atoms with Gasteiger partial charge < -0.3 is 9.47 Å². The summed E-state index contributed by atoms with van der Waals surface area (Å²) >= 11 is 0. The molecule has 1 spiro atoms. The predicted octanol–water partition coefficient (Wildman–Crippen LogP) is 16.6. The molecule has 14 rings (SSSR count). The first-order valence-corrected chi connectivity index (χ1v) is 22.6. The van der Waals surface area contributed by atoms with Gasteiger partial charge in [-0.3, -0.25) is 0 Å². The van der Waals surface area contributed by atoms with Gasteiger partial charge in [-0.25, -0.2) is 0 Å². The smallest absolute Gasteiger partial charge is 0.0726 e. The van der Waals surface area contributed by atoms with E-state index >= 15 is 0 Å². The maximum absolute atomic E-state index is 2.51. The Bertz CT molecular complexity index is 3850. The summed E-state index contributed by atoms with van der Waals surface area (Å²) in [6, 6.07) is 90.4. The summed E-state index contributed by atoms with van der Waals surface area (Å²) in [4.78, 5) is 2.51. The van der Waals surface area contributed by atoms with Crippen molar-refractivity contribution in [2.24, 2.45) is 0 Å². The minimum Gasteiger partial charge on any atom is -0.310 e. The molecule has 1 heterocycles. The molecule has 12 aromatic rings. The molecule has 1 aromatic heterocycles. The van der Waals surface area contributed by atoms with E-state index in [4.69, 9.17) is 0 Å². The molecule has 2 aliphatic carbocycles. The first kappa shape index (κ1) is 36.1. The number of anilines is 3. The van der Waals surface area contributed by atoms with Crippen molar-refractivity contribution in [2.75, 3.05) is 4.90 Å². The topological polar surface area (TPSA) is 8.17 Å². The third-order valence-electron chi connectivity index (χ3n) is 14.3. The summed E-state index contributed by atoms with van der Waals surface area (Å²) < 4.78 is 2.46. The van der Waals surface area contributed by atoms with Crippen LogP contribution in [0.2, 0.25) is 0 Å². The number of para-hydroxylation sites is 2. The lowest BCUT2D eigenvalue weighted by molar-refractivity contribution is 0.793. The molecule has 0 saturated carbocycles. The average molecular weight is 825 g/mol. The Balaban J connectivity index is 1.10. The SMILES string of the molecule is c1ccc(-n2c3ccccc3c3c(-c4ccc5ccccc5c4)cc(N(c4ccc5c(c4)C4(c6ccccc6-c6ccccc64)c4ccccc4-5)c4ccc5ccccc5c4)cc32)cc1. The summed E-state index contributed by atoms with van der Waals surface area (Å²) in [5.74, 6) is 0. The van der Waals surface area contributed by atoms with E-state index in [-0.39, 0.29) is 0 Å². The standard InChI is InChI=1S/C63H40N2/c1-2-20-46(21-3-1)65-60-29-15-11-25-54(60)62-55(45-31-30-41-16-4-6-18-43(41)36-45)38-49(40-61(62)65)64(47-33-32-42-17-5-7-19-44(42)37-47)48-34-35-53-52-24-10-14-28-58(52)63(59(53)39-48)56-26-12-8-22-50(56)51-23-9-13-27-57(51)63/h1-40H. The fourth-order valence-corrected chi connectivity index (χ4v) is 11.6. The van der Waals surface area contributed by atoms with Gasteiger partial charge in [0.2, 0.25) is 0 Å². The minimum atomic E-state index is -0.468. The number of aromatic nitrogens is 1. The average Bonchev–Trinajstić information content (AvgIpc) is 3.98. The maximum Gasteiger partial charge on any atom is 0.0726 e. The van der Waals surface area contributed by atoms with E-state index in [0.717, 1.165) is 28.3 Å². The first-order valence-electron chi connectivity index (χ1n) is 22.6. The van der Waals surface area contributed by atoms with E-state index in [9.17, 15) is 0 Å². The summed E-state index contributed by atoms with van der Waals surface area (Å²) in [5.41, 5.74) is 19.2. The van der Waals surface area contributed by atoms with E-state index in [1.54, 1.807) is 0 Å². The zero-order valence-electron chi connectivity index (χ0n) is 35.5. The molecule has 0 bridgehead atoms. The zero-order valence-corrected chi connectivity index (χ0v) is 35.5. The molecule has 65 heavy (non-hydrogen) atoms. The van der Waals surface area contributed by atoms with Crippen LogP contribution in [0.3, 0.4) is 0 Å². The number of nitrogens with zero attached hydrogens (tertiary/aromatic N) is 2. The van der Waals surface area contributed by atoms with E-state index < -0.39 is 5.41 Å². The summed E-state index contributed by atoms with van der Waals surface area (Å²) in [7, 11) is 0. The molecular weight excluding hydrogens is 785 g/mol. The lowest BCUT2D eigenvalue weighted by atomic mass is 9.70. The van der Waals surface area contributed by atoms with Crippen LogP contribution in [0.25, 0.3) is 82.4 Å². The number of fused-ring (bicyclic) bond motifs is 15. The van der Waals surface area contributed by atoms with Crippen LogP contribution in [0.5, 0.6) is 0 Å². The van der Waals surface area contributed by atoms with Crippen molar-refractivity contribution in [3.63, 3.8) is 0 Å². The number of hydrogen-bond donors (Lipinski definition) is 0. The lowest BCUT2D eigenvalue weighted by Crippen LogP contribution is -2.26. The Hall–Kier alpha value is -8.46. The zero-order chi connectivity index (χ0) is 42.6. The molecule has 2 nitrogen and oxygen atoms in total. The molecule has 0 aliphatic heterocycles. The van der Waals surface area contributed by atoms with Gasteiger partial charge in [-0.1, -0.05) is 182 Å². The highest BCUT2D eigenvalue weighted by Crippen LogP contribution is 2.63. The van der Waals surface area contributed by atoms with Crippen LogP contribution >= 0.6 is 0 Å². The Morgan fingerprint density at radius 2 is 0.831 bits per heavy atom.